The van der Waals surface area contributed by atoms with Crippen LogP contribution in [0.1, 0.15) is 31.7 Å². The zero-order valence-electron chi connectivity index (χ0n) is 16.3. The molecule has 152 valence electrons. The molecule has 0 bridgehead atoms. The maximum atomic E-state index is 12.6. The predicted molar refractivity (Wildman–Crippen MR) is 105 cm³/mol. The molecular formula is C21H29N3O4. The van der Waals surface area contributed by atoms with Gasteiger partial charge in [-0.25, -0.2) is 4.79 Å². The number of carboxylic acid groups (broad SMARTS) is 1. The van der Waals surface area contributed by atoms with Crippen LogP contribution in [0.3, 0.4) is 0 Å². The van der Waals surface area contributed by atoms with Crippen LogP contribution in [-0.2, 0) is 20.8 Å². The smallest absolute Gasteiger partial charge is 0.326 e. The second kappa shape index (κ2) is 9.19. The van der Waals surface area contributed by atoms with Gasteiger partial charge in [0.15, 0.2) is 0 Å². The molecule has 3 atom stereocenters. The van der Waals surface area contributed by atoms with Crippen molar-refractivity contribution >= 4 is 17.8 Å². The number of rotatable bonds is 8. The molecular weight excluding hydrogens is 358 g/mol. The zero-order valence-corrected chi connectivity index (χ0v) is 16.3. The van der Waals surface area contributed by atoms with Crippen molar-refractivity contribution in [2.24, 2.45) is 5.92 Å². The largest absolute Gasteiger partial charge is 0.480 e. The van der Waals surface area contributed by atoms with Crippen LogP contribution in [0, 0.1) is 5.92 Å². The summed E-state index contributed by atoms with van der Waals surface area (Å²) in [6.07, 6.45) is 2.60. The quantitative estimate of drug-likeness (QED) is 0.698. The van der Waals surface area contributed by atoms with Gasteiger partial charge in [0.05, 0.1) is 5.92 Å². The number of carboxylic acids is 1. The molecule has 0 radical (unpaired) electrons. The monoisotopic (exact) mass is 387 g/mol. The minimum Gasteiger partial charge on any atom is -0.480 e. The molecule has 1 aromatic rings. The Morgan fingerprint density at radius 2 is 2.04 bits per heavy atom. The molecule has 0 aliphatic carbocycles. The molecule has 2 amide bonds. The van der Waals surface area contributed by atoms with Crippen LogP contribution in [0.2, 0.25) is 0 Å². The van der Waals surface area contributed by atoms with E-state index < -0.39 is 17.9 Å². The highest BCUT2D eigenvalue weighted by Gasteiger charge is 2.38. The van der Waals surface area contributed by atoms with Crippen LogP contribution in [-0.4, -0.2) is 71.0 Å². The molecule has 2 aliphatic rings. The first-order valence-corrected chi connectivity index (χ1v) is 10.1. The summed E-state index contributed by atoms with van der Waals surface area (Å²) in [6, 6.07) is 8.58. The summed E-state index contributed by atoms with van der Waals surface area (Å²) < 4.78 is 0. The van der Waals surface area contributed by atoms with Gasteiger partial charge >= 0.3 is 5.97 Å². The molecule has 2 N–H and O–H groups in total. The van der Waals surface area contributed by atoms with E-state index in [1.165, 1.54) is 0 Å². The van der Waals surface area contributed by atoms with E-state index in [0.29, 0.717) is 19.1 Å². The summed E-state index contributed by atoms with van der Waals surface area (Å²) in [6.45, 7) is 5.18. The first-order chi connectivity index (χ1) is 13.5. The number of hydrogen-bond acceptors (Lipinski definition) is 4. The van der Waals surface area contributed by atoms with Crippen LogP contribution in [0.5, 0.6) is 0 Å². The summed E-state index contributed by atoms with van der Waals surface area (Å²) in [5.74, 6) is -1.92. The van der Waals surface area contributed by atoms with Gasteiger partial charge in [-0.1, -0.05) is 37.3 Å². The van der Waals surface area contributed by atoms with Crippen molar-refractivity contribution < 1.29 is 19.5 Å². The number of likely N-dealkylation sites (tertiary alicyclic amines) is 2. The Hall–Kier alpha value is -2.41. The molecule has 7 nitrogen and oxygen atoms in total. The lowest BCUT2D eigenvalue weighted by Gasteiger charge is -2.27. The summed E-state index contributed by atoms with van der Waals surface area (Å²) in [4.78, 5) is 40.8. The van der Waals surface area contributed by atoms with Gasteiger partial charge in [-0.05, 0) is 31.5 Å². The highest BCUT2D eigenvalue weighted by Crippen LogP contribution is 2.23. The molecule has 2 heterocycles. The number of amides is 2. The van der Waals surface area contributed by atoms with Gasteiger partial charge in [0.25, 0.3) is 0 Å². The van der Waals surface area contributed by atoms with Crippen molar-refractivity contribution in [2.45, 2.75) is 44.7 Å². The molecule has 28 heavy (non-hydrogen) atoms. The fourth-order valence-corrected chi connectivity index (χ4v) is 4.24. The number of likely N-dealkylation sites (N-methyl/N-ethyl adjacent to an activating group) is 1. The van der Waals surface area contributed by atoms with Crippen molar-refractivity contribution in [3.05, 3.63) is 35.9 Å². The van der Waals surface area contributed by atoms with Gasteiger partial charge in [-0.2, -0.15) is 0 Å². The molecule has 7 heteroatoms. The number of carbonyl (C=O) groups excluding carboxylic acids is 2. The first kappa shape index (κ1) is 20.3. The molecule has 1 aromatic carbocycles. The Morgan fingerprint density at radius 3 is 2.71 bits per heavy atom. The third kappa shape index (κ3) is 4.90. The molecule has 2 aliphatic heterocycles. The van der Waals surface area contributed by atoms with Crippen LogP contribution in [0.4, 0.5) is 0 Å². The third-order valence-electron chi connectivity index (χ3n) is 5.82. The number of carbonyl (C=O) groups is 3. The zero-order chi connectivity index (χ0) is 20.1. The van der Waals surface area contributed by atoms with Crippen molar-refractivity contribution in [1.29, 1.82) is 0 Å². The van der Waals surface area contributed by atoms with Gasteiger partial charge in [0.2, 0.25) is 11.8 Å². The van der Waals surface area contributed by atoms with E-state index in [4.69, 9.17) is 0 Å². The van der Waals surface area contributed by atoms with Crippen LogP contribution >= 0.6 is 0 Å². The summed E-state index contributed by atoms with van der Waals surface area (Å²) >= 11 is 0. The first-order valence-electron chi connectivity index (χ1n) is 10.1. The van der Waals surface area contributed by atoms with Gasteiger partial charge in [-0.3, -0.25) is 14.5 Å². The van der Waals surface area contributed by atoms with Crippen LogP contribution in [0.25, 0.3) is 0 Å². The lowest BCUT2D eigenvalue weighted by Crippen LogP contribution is -2.46. The predicted octanol–water partition coefficient (Wildman–Crippen LogP) is 1.13. The van der Waals surface area contributed by atoms with E-state index in [-0.39, 0.29) is 24.7 Å². The molecule has 0 unspecified atom stereocenters. The fourth-order valence-electron chi connectivity index (χ4n) is 4.24. The van der Waals surface area contributed by atoms with E-state index in [1.54, 1.807) is 4.90 Å². The Labute approximate surface area is 165 Å². The Balaban J connectivity index is 1.56. The molecule has 0 spiro atoms. The average molecular weight is 387 g/mol. The Kier molecular flexibility index (Phi) is 6.67. The van der Waals surface area contributed by atoms with E-state index in [2.05, 4.69) is 17.1 Å². The normalized spacial score (nSPS) is 23.8. The highest BCUT2D eigenvalue weighted by atomic mass is 16.4. The lowest BCUT2D eigenvalue weighted by atomic mass is 10.0. The van der Waals surface area contributed by atoms with E-state index in [0.717, 1.165) is 31.5 Å². The summed E-state index contributed by atoms with van der Waals surface area (Å²) in [5, 5.41) is 12.1. The Morgan fingerprint density at radius 1 is 1.29 bits per heavy atom. The van der Waals surface area contributed by atoms with E-state index in [1.807, 2.05) is 30.3 Å². The number of nitrogens with one attached hydrogen (secondary N) is 1. The van der Waals surface area contributed by atoms with Gasteiger partial charge in [0.1, 0.15) is 6.04 Å². The van der Waals surface area contributed by atoms with Crippen molar-refractivity contribution in [2.75, 3.05) is 26.2 Å². The van der Waals surface area contributed by atoms with Crippen LogP contribution < -0.4 is 5.32 Å². The van der Waals surface area contributed by atoms with Crippen molar-refractivity contribution in [1.82, 2.24) is 15.1 Å². The topological polar surface area (TPSA) is 89.9 Å². The van der Waals surface area contributed by atoms with Gasteiger partial charge < -0.3 is 15.3 Å². The van der Waals surface area contributed by atoms with E-state index >= 15 is 0 Å². The summed E-state index contributed by atoms with van der Waals surface area (Å²) in [7, 11) is 0. The number of hydrogen-bond donors (Lipinski definition) is 2. The second-order valence-electron chi connectivity index (χ2n) is 7.71. The molecule has 2 fully saturated rings. The Bertz CT molecular complexity index is 709. The maximum Gasteiger partial charge on any atom is 0.326 e. The molecule has 0 aromatic heterocycles. The lowest BCUT2D eigenvalue weighted by molar-refractivity contribution is -0.142. The SMILES string of the molecule is CCN1CCC[C@@H]1CN1C[C@@H](C(=O)N[C@H](Cc2ccccc2)C(=O)O)CC1=O. The maximum absolute atomic E-state index is 12.6. The number of aliphatic carboxylic acids is 1. The highest BCUT2D eigenvalue weighted by molar-refractivity contribution is 5.91. The minimum absolute atomic E-state index is 0.0157. The van der Waals surface area contributed by atoms with Crippen LogP contribution in [0.15, 0.2) is 30.3 Å². The minimum atomic E-state index is -1.07. The summed E-state index contributed by atoms with van der Waals surface area (Å²) in [5.41, 5.74) is 0.847. The molecule has 3 rings (SSSR count). The second-order valence-corrected chi connectivity index (χ2v) is 7.71. The average Bonchev–Trinajstić information content (AvgIpc) is 3.28. The van der Waals surface area contributed by atoms with Gasteiger partial charge in [0, 0.05) is 32.0 Å². The standard InChI is InChI=1S/C21H29N3O4/c1-2-23-10-6-9-17(23)14-24-13-16(12-19(24)25)20(26)22-18(21(27)28)11-15-7-4-3-5-8-15/h3-5,7-8,16-18H,2,6,9-14H2,1H3,(H,22,26)(H,27,28)/t16-,17+,18+/m0/s1. The van der Waals surface area contributed by atoms with Crippen molar-refractivity contribution in [3.63, 3.8) is 0 Å². The van der Waals surface area contributed by atoms with Gasteiger partial charge in [-0.15, -0.1) is 0 Å². The molecule has 0 saturated carbocycles. The van der Waals surface area contributed by atoms with Crippen molar-refractivity contribution in [3.8, 4) is 0 Å². The van der Waals surface area contributed by atoms with E-state index in [9.17, 15) is 19.5 Å². The number of nitrogens with zero attached hydrogens (tertiary/aromatic N) is 2. The third-order valence-corrected chi connectivity index (χ3v) is 5.82. The fraction of sp³-hybridized carbons (Fsp3) is 0.571. The molecule has 2 saturated heterocycles. The number of benzene rings is 1.